The van der Waals surface area contributed by atoms with Crippen LogP contribution in [0.4, 0.5) is 0 Å². The molecule has 104 valence electrons. The van der Waals surface area contributed by atoms with E-state index in [1.165, 1.54) is 12.5 Å². The van der Waals surface area contributed by atoms with E-state index in [1.54, 1.807) is 16.2 Å². The van der Waals surface area contributed by atoms with Crippen LogP contribution in [0.5, 0.6) is 0 Å². The van der Waals surface area contributed by atoms with E-state index in [-0.39, 0.29) is 11.1 Å². The lowest BCUT2D eigenvalue weighted by molar-refractivity contribution is 0.494. The first-order chi connectivity index (χ1) is 8.79. The third kappa shape index (κ3) is 2.82. The summed E-state index contributed by atoms with van der Waals surface area (Å²) in [7, 11) is -3.78. The molecule has 0 aromatic carbocycles. The maximum atomic E-state index is 11.2. The molecule has 0 saturated heterocycles. The summed E-state index contributed by atoms with van der Waals surface area (Å²) in [6, 6.07) is 0.180. The van der Waals surface area contributed by atoms with Crippen LogP contribution in [0, 0.1) is 6.92 Å². The van der Waals surface area contributed by atoms with Crippen molar-refractivity contribution in [2.75, 3.05) is 0 Å². The predicted octanol–water partition coefficient (Wildman–Crippen LogP) is 0.0596. The third-order valence-electron chi connectivity index (χ3n) is 2.69. The molecule has 9 heteroatoms. The van der Waals surface area contributed by atoms with Gasteiger partial charge in [-0.15, -0.1) is 0 Å². The Labute approximate surface area is 111 Å². The van der Waals surface area contributed by atoms with Crippen LogP contribution >= 0.6 is 0 Å². The van der Waals surface area contributed by atoms with Crippen LogP contribution in [0.15, 0.2) is 17.6 Å². The van der Waals surface area contributed by atoms with Gasteiger partial charge in [-0.2, -0.15) is 5.10 Å². The number of primary sulfonamides is 1. The van der Waals surface area contributed by atoms with E-state index >= 15 is 0 Å². The second-order valence-electron chi connectivity index (χ2n) is 4.51. The molecule has 0 amide bonds. The van der Waals surface area contributed by atoms with Crippen LogP contribution in [0.1, 0.15) is 31.5 Å². The van der Waals surface area contributed by atoms with Gasteiger partial charge in [-0.25, -0.2) is 28.2 Å². The fourth-order valence-corrected chi connectivity index (χ4v) is 2.28. The summed E-state index contributed by atoms with van der Waals surface area (Å²) >= 11 is 0. The average Bonchev–Trinajstić information content (AvgIpc) is 2.86. The summed E-state index contributed by atoms with van der Waals surface area (Å²) in [6.45, 7) is 6.10. The zero-order valence-corrected chi connectivity index (χ0v) is 11.8. The van der Waals surface area contributed by atoms with E-state index in [0.29, 0.717) is 12.4 Å². The first-order valence-corrected chi connectivity index (χ1v) is 7.28. The highest BCUT2D eigenvalue weighted by Gasteiger charge is 2.16. The fraction of sp³-hybridized carbons (Fsp3) is 0.500. The van der Waals surface area contributed by atoms with Gasteiger partial charge in [0, 0.05) is 12.2 Å². The molecule has 2 heterocycles. The minimum atomic E-state index is -3.78. The van der Waals surface area contributed by atoms with Crippen molar-refractivity contribution in [3.05, 3.63) is 24.2 Å². The van der Waals surface area contributed by atoms with Gasteiger partial charge in [-0.3, -0.25) is 0 Å². The van der Waals surface area contributed by atoms with E-state index in [4.69, 9.17) is 5.14 Å². The number of rotatable bonds is 4. The minimum Gasteiger partial charge on any atom is -0.326 e. The van der Waals surface area contributed by atoms with Crippen molar-refractivity contribution in [2.24, 2.45) is 5.14 Å². The second kappa shape index (κ2) is 4.74. The van der Waals surface area contributed by atoms with Gasteiger partial charge in [-0.05, 0) is 20.8 Å². The molecule has 0 aliphatic carbocycles. The standard InChI is InChI=1S/C10H16N6O2S/c1-7(2)16-9(12-6-13-16)4-15-5-10(14-8(15)3)19(11,17)18/h5-7H,4H2,1-3H3,(H2,11,17,18). The topological polar surface area (TPSA) is 109 Å². The third-order valence-corrected chi connectivity index (χ3v) is 3.47. The maximum Gasteiger partial charge on any atom is 0.257 e. The van der Waals surface area contributed by atoms with Crippen molar-refractivity contribution < 1.29 is 8.42 Å². The minimum absolute atomic E-state index is 0.138. The molecule has 0 bridgehead atoms. The molecule has 0 fully saturated rings. The maximum absolute atomic E-state index is 11.2. The molecule has 2 N–H and O–H groups in total. The molecular formula is C10H16N6O2S. The first-order valence-electron chi connectivity index (χ1n) is 5.74. The number of hydrogen-bond acceptors (Lipinski definition) is 5. The van der Waals surface area contributed by atoms with Crippen LogP contribution in [0.25, 0.3) is 0 Å². The molecule has 2 aromatic rings. The Morgan fingerprint density at radius 2 is 2.11 bits per heavy atom. The Balaban J connectivity index is 2.34. The molecule has 2 rings (SSSR count). The summed E-state index contributed by atoms with van der Waals surface area (Å²) < 4.78 is 25.9. The quantitative estimate of drug-likeness (QED) is 0.853. The Kier molecular flexibility index (Phi) is 3.42. The Morgan fingerprint density at radius 1 is 1.42 bits per heavy atom. The Morgan fingerprint density at radius 3 is 2.63 bits per heavy atom. The van der Waals surface area contributed by atoms with Gasteiger partial charge in [0.15, 0.2) is 5.03 Å². The number of sulfonamides is 1. The summed E-state index contributed by atoms with van der Waals surface area (Å²) in [6.07, 6.45) is 2.88. The first kappa shape index (κ1) is 13.7. The Bertz CT molecular complexity index is 685. The lowest BCUT2D eigenvalue weighted by atomic mass is 10.4. The van der Waals surface area contributed by atoms with E-state index in [2.05, 4.69) is 15.1 Å². The van der Waals surface area contributed by atoms with Crippen molar-refractivity contribution in [1.82, 2.24) is 24.3 Å². The summed E-state index contributed by atoms with van der Waals surface area (Å²) in [5.41, 5.74) is 0. The smallest absolute Gasteiger partial charge is 0.257 e. The molecule has 0 unspecified atom stereocenters. The van der Waals surface area contributed by atoms with E-state index < -0.39 is 10.0 Å². The van der Waals surface area contributed by atoms with Crippen molar-refractivity contribution in [2.45, 2.75) is 38.4 Å². The van der Waals surface area contributed by atoms with Crippen molar-refractivity contribution in [1.29, 1.82) is 0 Å². The monoisotopic (exact) mass is 284 g/mol. The van der Waals surface area contributed by atoms with Crippen LogP contribution < -0.4 is 5.14 Å². The van der Waals surface area contributed by atoms with Gasteiger partial charge in [-0.1, -0.05) is 0 Å². The highest BCUT2D eigenvalue weighted by molar-refractivity contribution is 7.89. The second-order valence-corrected chi connectivity index (χ2v) is 6.02. The van der Waals surface area contributed by atoms with Crippen LogP contribution in [-0.2, 0) is 16.6 Å². The number of hydrogen-bond donors (Lipinski definition) is 1. The molecule has 0 radical (unpaired) electrons. The summed E-state index contributed by atoms with van der Waals surface area (Å²) in [5.74, 6) is 1.29. The highest BCUT2D eigenvalue weighted by Crippen LogP contribution is 2.11. The highest BCUT2D eigenvalue weighted by atomic mass is 32.2. The number of aryl methyl sites for hydroxylation is 1. The fourth-order valence-electron chi connectivity index (χ4n) is 1.75. The Hall–Kier alpha value is -1.74. The van der Waals surface area contributed by atoms with Crippen LogP contribution in [0.2, 0.25) is 0 Å². The molecule has 0 aliphatic rings. The normalized spacial score (nSPS) is 12.3. The molecule has 8 nitrogen and oxygen atoms in total. The van der Waals surface area contributed by atoms with Crippen molar-refractivity contribution >= 4 is 10.0 Å². The van der Waals surface area contributed by atoms with Gasteiger partial charge >= 0.3 is 0 Å². The lowest BCUT2D eigenvalue weighted by Crippen LogP contribution is -2.13. The molecule has 0 saturated carbocycles. The molecule has 2 aromatic heterocycles. The zero-order chi connectivity index (χ0) is 14.2. The molecule has 19 heavy (non-hydrogen) atoms. The van der Waals surface area contributed by atoms with Crippen LogP contribution in [-0.4, -0.2) is 32.7 Å². The number of aromatic nitrogens is 5. The van der Waals surface area contributed by atoms with Crippen molar-refractivity contribution in [3.63, 3.8) is 0 Å². The predicted molar refractivity (Wildman–Crippen MR) is 67.8 cm³/mol. The SMILES string of the molecule is Cc1nc(S(N)(=O)=O)cn1Cc1ncnn1C(C)C. The molecular weight excluding hydrogens is 268 g/mol. The van der Waals surface area contributed by atoms with Gasteiger partial charge in [0.05, 0.1) is 6.54 Å². The summed E-state index contributed by atoms with van der Waals surface area (Å²) in [4.78, 5) is 8.10. The van der Waals surface area contributed by atoms with E-state index in [1.807, 2.05) is 13.8 Å². The number of nitrogens with two attached hydrogens (primary N) is 1. The van der Waals surface area contributed by atoms with Gasteiger partial charge < -0.3 is 4.57 Å². The van der Waals surface area contributed by atoms with Gasteiger partial charge in [0.1, 0.15) is 18.0 Å². The largest absolute Gasteiger partial charge is 0.326 e. The zero-order valence-electron chi connectivity index (χ0n) is 11.0. The lowest BCUT2D eigenvalue weighted by Gasteiger charge is -2.10. The number of nitrogens with zero attached hydrogens (tertiary/aromatic N) is 5. The summed E-state index contributed by atoms with van der Waals surface area (Å²) in [5, 5.41) is 9.04. The average molecular weight is 284 g/mol. The molecule has 0 aliphatic heterocycles. The van der Waals surface area contributed by atoms with E-state index in [9.17, 15) is 8.42 Å². The van der Waals surface area contributed by atoms with Gasteiger partial charge in [0.2, 0.25) is 0 Å². The van der Waals surface area contributed by atoms with Crippen LogP contribution in [0.3, 0.4) is 0 Å². The van der Waals surface area contributed by atoms with Gasteiger partial charge in [0.25, 0.3) is 10.0 Å². The van der Waals surface area contributed by atoms with E-state index in [0.717, 1.165) is 5.82 Å². The molecule has 0 spiro atoms. The van der Waals surface area contributed by atoms with Crippen molar-refractivity contribution in [3.8, 4) is 0 Å². The number of imidazole rings is 1. The molecule has 0 atom stereocenters.